The average molecular weight is 1480 g/mol. The fourth-order valence-electron chi connectivity index (χ4n) is 15.2. The van der Waals surface area contributed by atoms with E-state index in [1.54, 1.807) is 60.1 Å². The summed E-state index contributed by atoms with van der Waals surface area (Å²) in [7, 11) is 15.1. The van der Waals surface area contributed by atoms with E-state index in [-0.39, 0.29) is 143 Å². The summed E-state index contributed by atoms with van der Waals surface area (Å²) < 4.78 is 226. The van der Waals surface area contributed by atoms with E-state index in [2.05, 4.69) is 105 Å². The van der Waals surface area contributed by atoms with E-state index < -0.39 is 24.2 Å². The second-order valence-electron chi connectivity index (χ2n) is 26.8. The summed E-state index contributed by atoms with van der Waals surface area (Å²) in [4.78, 5) is 0. The Kier molecular flexibility index (Phi) is 12.8. The molecule has 0 atom stereocenters. The Morgan fingerprint density at radius 1 is 0.125 bits per heavy atom. The Labute approximate surface area is 689 Å². The van der Waals surface area contributed by atoms with E-state index in [9.17, 15) is 0 Å². The first-order valence-electron chi connectivity index (χ1n) is 49.6. The molecule has 0 aliphatic rings. The van der Waals surface area contributed by atoms with Gasteiger partial charge in [-0.1, -0.05) is 291 Å². The number of aromatic nitrogens is 8. The zero-order valence-corrected chi connectivity index (χ0v) is 62.4. The van der Waals surface area contributed by atoms with Gasteiger partial charge < -0.3 is 36.5 Å². The number of benzene rings is 16. The molecule has 0 bridgehead atoms. The molecule has 0 unspecified atom stereocenters. The summed E-state index contributed by atoms with van der Waals surface area (Å²) in [5, 5.41) is 13.6. The summed E-state index contributed by atoms with van der Waals surface area (Å²) >= 11 is 0. The van der Waals surface area contributed by atoms with E-state index in [0.717, 1.165) is 76.3 Å². The molecule has 0 radical (unpaired) electrons. The smallest absolute Gasteiger partial charge is 0.0645 e. The highest BCUT2D eigenvalue weighted by Crippen LogP contribution is 2.35. The van der Waals surface area contributed by atoms with Gasteiger partial charge in [0, 0.05) is 231 Å². The summed E-state index contributed by atoms with van der Waals surface area (Å²) in [5.74, 6) is 0. The highest BCUT2D eigenvalue weighted by Gasteiger charge is 2.13. The molecule has 0 aliphatic carbocycles. The first kappa shape index (κ1) is 46.3. The highest BCUT2D eigenvalue weighted by molar-refractivity contribution is 6.14. The van der Waals surface area contributed by atoms with Crippen LogP contribution in [0.2, 0.25) is 0 Å². The zero-order chi connectivity index (χ0) is 99.8. The van der Waals surface area contributed by atoms with Crippen LogP contribution in [-0.2, 0) is 56.4 Å². The molecule has 0 amide bonds. The quantitative estimate of drug-likeness (QED) is 0.145. The minimum Gasteiger partial charge on any atom is -0.344 e. The molecule has 112 heavy (non-hydrogen) atoms. The van der Waals surface area contributed by atoms with Crippen LogP contribution < -0.4 is 0 Å². The molecule has 0 saturated carbocycles. The number of fused-ring (bicyclic) bond motifs is 24. The first-order chi connectivity index (χ1) is 66.1. The lowest BCUT2D eigenvalue weighted by Gasteiger charge is -1.95. The van der Waals surface area contributed by atoms with Crippen LogP contribution in [-0.4, -0.2) is 36.5 Å². The summed E-state index contributed by atoms with van der Waals surface area (Å²) in [5.41, 5.74) is 14.1. The van der Waals surface area contributed by atoms with Gasteiger partial charge in [-0.25, -0.2) is 0 Å². The van der Waals surface area contributed by atoms with Crippen molar-refractivity contribution in [1.29, 1.82) is 0 Å². The lowest BCUT2D eigenvalue weighted by atomic mass is 10.2. The molecule has 8 aromatic heterocycles. The maximum Gasteiger partial charge on any atom is 0.0645 e. The Balaban J connectivity index is 0.000000110. The second kappa shape index (κ2) is 30.9. The maximum atomic E-state index is 8.06. The van der Waals surface area contributed by atoms with E-state index in [0.29, 0.717) is 50.8 Å². The second-order valence-corrected chi connectivity index (χ2v) is 26.8. The van der Waals surface area contributed by atoms with Gasteiger partial charge in [-0.3, -0.25) is 0 Å². The van der Waals surface area contributed by atoms with Crippen molar-refractivity contribution in [2.75, 3.05) is 0 Å². The highest BCUT2D eigenvalue weighted by atomic mass is 15.0. The summed E-state index contributed by atoms with van der Waals surface area (Å²) in [6.07, 6.45) is 0. The minimum atomic E-state index is -0.419. The molecule has 544 valence electrons. The normalized spacial score (nSPS) is 14.6. The molecule has 0 aliphatic heterocycles. The molecule has 8 heteroatoms. The van der Waals surface area contributed by atoms with Crippen LogP contribution in [0.5, 0.6) is 0 Å². The monoisotopic (exact) mass is 1480 g/mol. The number of aryl methyl sites for hydroxylation is 8. The van der Waals surface area contributed by atoms with E-state index >= 15 is 0 Å². The third-order valence-corrected chi connectivity index (χ3v) is 20.8. The number of hydrogen-bond donors (Lipinski definition) is 0. The number of para-hydroxylation sites is 16. The molecule has 0 N–H and O–H groups in total. The SMILES string of the molecule is Cn1c2ccccc2c2ccccc21.[2H]c1c([2H])c([2H])c2c(c1[2H])c1c([2H])c([2H])c([2H])c([2H])c1n2C.[2H]c1c([2H])c([2H])c2c(c1[2H])c1ccccc1n2C.[2H]c1cc2c(c([2H])c1[2H])c1c([2H])c([2H])c([2H])cc1n2C.[2H]c1cc2c3cc([2H])c([2H])cc3n(C)c2cc1[2H].[2H]c1cc2c3ccccc3n(C)c2cc1[2H].[2H]c1ccc2c(c1)c1cc([2H])ccc1n2C.[2H]c1ccc2c(c1)c1ccccc1n2C. The van der Waals surface area contributed by atoms with Crippen molar-refractivity contribution in [3.8, 4) is 0 Å². The molecule has 0 fully saturated rings. The van der Waals surface area contributed by atoms with Crippen molar-refractivity contribution in [3.63, 3.8) is 0 Å². The van der Waals surface area contributed by atoms with Crippen molar-refractivity contribution < 1.29 is 37.0 Å². The lowest BCUT2D eigenvalue weighted by Crippen LogP contribution is -1.84. The standard InChI is InChI=1S/8C13H11N/c8*1-14-12-8-4-2-6-10(12)11-7-3-5-9-13(11)14/h8*2-9H,1H3/i2D,3D,4D,5D,6D,7D,8D,9D;2D,3D,4D,5D,6D,7D;2D,4D,6D,8D;2D,3D,4D,5D;2D,4D;2D,3D;2D;. The van der Waals surface area contributed by atoms with Crippen LogP contribution in [0, 0.1) is 0 Å². The fraction of sp³-hybridized carbons (Fsp3) is 0.0769. The number of rotatable bonds is 0. The van der Waals surface area contributed by atoms with Crippen LogP contribution in [0.1, 0.15) is 37.0 Å². The van der Waals surface area contributed by atoms with Crippen molar-refractivity contribution in [1.82, 2.24) is 36.5 Å². The maximum absolute atomic E-state index is 8.06. The first-order valence-corrected chi connectivity index (χ1v) is 36.1. The molecule has 16 aromatic carbocycles. The molecule has 8 heterocycles. The van der Waals surface area contributed by atoms with Gasteiger partial charge in [0.05, 0.1) is 37.0 Å². The van der Waals surface area contributed by atoms with Crippen LogP contribution in [0.3, 0.4) is 0 Å². The largest absolute Gasteiger partial charge is 0.344 e. The zero-order valence-electron chi connectivity index (χ0n) is 89.4. The van der Waals surface area contributed by atoms with Crippen molar-refractivity contribution in [2.45, 2.75) is 0 Å². The molecule has 8 nitrogen and oxygen atoms in total. The van der Waals surface area contributed by atoms with E-state index in [4.69, 9.17) is 37.0 Å². The van der Waals surface area contributed by atoms with Crippen LogP contribution in [0.4, 0.5) is 0 Å². The fourth-order valence-corrected chi connectivity index (χ4v) is 15.2. The Bertz CT molecular complexity index is 8920. The minimum absolute atomic E-state index is 0.0182. The van der Waals surface area contributed by atoms with Gasteiger partial charge in [0.2, 0.25) is 0 Å². The van der Waals surface area contributed by atoms with E-state index in [1.807, 2.05) is 128 Å². The number of nitrogens with zero attached hydrogens (tertiary/aromatic N) is 8. The molecule has 24 rings (SSSR count). The summed E-state index contributed by atoms with van der Waals surface area (Å²) in [6.45, 7) is 0. The Hall–Kier alpha value is -14.1. The van der Waals surface area contributed by atoms with Gasteiger partial charge in [-0.2, -0.15) is 0 Å². The summed E-state index contributed by atoms with van der Waals surface area (Å²) in [6, 6.07) is 70.3. The Morgan fingerprint density at radius 2 is 0.268 bits per heavy atom. The van der Waals surface area contributed by atoms with Crippen molar-refractivity contribution in [3.05, 3.63) is 388 Å². The van der Waals surface area contributed by atoms with Crippen LogP contribution >= 0.6 is 0 Å². The van der Waals surface area contributed by atoms with Crippen LogP contribution in [0.15, 0.2) is 388 Å². The van der Waals surface area contributed by atoms with Crippen molar-refractivity contribution in [2.24, 2.45) is 56.4 Å². The van der Waals surface area contributed by atoms with Crippen molar-refractivity contribution >= 4 is 174 Å². The number of hydrogen-bond acceptors (Lipinski definition) is 0. The van der Waals surface area contributed by atoms with Gasteiger partial charge in [-0.15, -0.1) is 0 Å². The molecular weight excluding hydrogens is 1360 g/mol. The van der Waals surface area contributed by atoms with Gasteiger partial charge in [0.1, 0.15) is 0 Å². The van der Waals surface area contributed by atoms with Crippen LogP contribution in [0.25, 0.3) is 174 Å². The average Bonchev–Trinajstić information content (AvgIpc) is 1.55. The van der Waals surface area contributed by atoms with Gasteiger partial charge in [0.25, 0.3) is 0 Å². The molecular formula is C104H88N8. The van der Waals surface area contributed by atoms with Gasteiger partial charge in [-0.05, 0) is 97.0 Å². The third kappa shape index (κ3) is 13.0. The predicted molar refractivity (Wildman–Crippen MR) is 483 cm³/mol. The Morgan fingerprint density at radius 3 is 0.545 bits per heavy atom. The molecule has 0 spiro atoms. The third-order valence-electron chi connectivity index (χ3n) is 20.8. The lowest BCUT2D eigenvalue weighted by molar-refractivity contribution is 1.01. The topological polar surface area (TPSA) is 39.4 Å². The van der Waals surface area contributed by atoms with Gasteiger partial charge in [0.15, 0.2) is 0 Å². The molecule has 24 aromatic rings. The molecule has 0 saturated heterocycles. The van der Waals surface area contributed by atoms with Gasteiger partial charge >= 0.3 is 0 Å². The predicted octanol–water partition coefficient (Wildman–Crippen LogP) is 26.7. The van der Waals surface area contributed by atoms with E-state index in [1.165, 1.54) is 67.4 Å².